The molecule has 0 saturated heterocycles. The Hall–Kier alpha value is -2.68. The number of benzene rings is 1. The van der Waals surface area contributed by atoms with Gasteiger partial charge in [0, 0.05) is 17.7 Å². The van der Waals surface area contributed by atoms with Crippen LogP contribution in [-0.4, -0.2) is 36.0 Å². The molecule has 0 saturated carbocycles. The van der Waals surface area contributed by atoms with Crippen molar-refractivity contribution in [3.8, 4) is 11.3 Å². The molecular formula is C20H15Cl2F4N5O3S2. The lowest BCUT2D eigenvalue weighted by Crippen LogP contribution is -2.39. The number of urea groups is 1. The Labute approximate surface area is 215 Å². The first-order valence-corrected chi connectivity index (χ1v) is 13.2. The number of allylic oxidation sites excluding steroid dienone is 1. The number of nitrogens with zero attached hydrogens (tertiary/aromatic N) is 3. The number of aryl methyl sites for hydroxylation is 1. The van der Waals surface area contributed by atoms with E-state index in [0.717, 1.165) is 18.2 Å². The minimum absolute atomic E-state index is 0.00426. The van der Waals surface area contributed by atoms with Gasteiger partial charge in [0.15, 0.2) is 0 Å². The molecule has 2 aromatic heterocycles. The van der Waals surface area contributed by atoms with Crippen LogP contribution in [0.1, 0.15) is 24.1 Å². The van der Waals surface area contributed by atoms with Crippen LogP contribution in [0, 0.1) is 0 Å². The fourth-order valence-corrected chi connectivity index (χ4v) is 6.31. The maximum absolute atomic E-state index is 15.2. The molecule has 0 fully saturated rings. The normalized spacial score (nSPS) is 15.4. The van der Waals surface area contributed by atoms with Crippen LogP contribution in [0.4, 0.5) is 22.4 Å². The van der Waals surface area contributed by atoms with Gasteiger partial charge in [-0.05, 0) is 31.0 Å². The van der Waals surface area contributed by atoms with Gasteiger partial charge < -0.3 is 5.32 Å². The number of hydrogen-bond donors (Lipinski definition) is 2. The third-order valence-electron chi connectivity index (χ3n) is 5.15. The van der Waals surface area contributed by atoms with Crippen LogP contribution >= 0.6 is 34.5 Å². The number of alkyl halides is 3. The predicted octanol–water partition coefficient (Wildman–Crippen LogP) is 5.49. The first-order chi connectivity index (χ1) is 16.9. The molecule has 1 aromatic carbocycles. The maximum atomic E-state index is 15.2. The number of halogens is 6. The van der Waals surface area contributed by atoms with E-state index in [9.17, 15) is 26.4 Å². The Morgan fingerprint density at radius 1 is 1.19 bits per heavy atom. The van der Waals surface area contributed by atoms with E-state index >= 15 is 4.39 Å². The Morgan fingerprint density at radius 2 is 1.89 bits per heavy atom. The SMILES string of the molecule is O=C(NCC(F)=C1CCCn2nnc(-c3ccc(C(F)(F)F)cc3)c21)NS(=O)(=O)c1cc(Cl)c(Cl)s1. The van der Waals surface area contributed by atoms with E-state index in [0.29, 0.717) is 29.9 Å². The zero-order chi connectivity index (χ0) is 26.3. The van der Waals surface area contributed by atoms with E-state index in [1.165, 1.54) is 16.8 Å². The van der Waals surface area contributed by atoms with Gasteiger partial charge in [-0.15, -0.1) is 16.4 Å². The van der Waals surface area contributed by atoms with E-state index in [1.54, 1.807) is 4.72 Å². The molecular weight excluding hydrogens is 569 g/mol. The number of thiophene rings is 1. The van der Waals surface area contributed by atoms with Crippen molar-refractivity contribution in [1.29, 1.82) is 0 Å². The Bertz CT molecular complexity index is 1430. The van der Waals surface area contributed by atoms with Crippen LogP contribution in [0.15, 0.2) is 40.4 Å². The number of amides is 2. The zero-order valence-electron chi connectivity index (χ0n) is 17.9. The maximum Gasteiger partial charge on any atom is 0.416 e. The molecule has 0 spiro atoms. The smallest absolute Gasteiger partial charge is 0.331 e. The second kappa shape index (κ2) is 10.00. The highest BCUT2D eigenvalue weighted by Crippen LogP contribution is 2.37. The van der Waals surface area contributed by atoms with Crippen LogP contribution in [-0.2, 0) is 22.7 Å². The van der Waals surface area contributed by atoms with Crippen molar-refractivity contribution in [2.24, 2.45) is 0 Å². The van der Waals surface area contributed by atoms with Gasteiger partial charge in [-0.3, -0.25) is 0 Å². The average molecular weight is 584 g/mol. The lowest BCUT2D eigenvalue weighted by molar-refractivity contribution is -0.137. The molecule has 192 valence electrons. The highest BCUT2D eigenvalue weighted by Gasteiger charge is 2.31. The topological polar surface area (TPSA) is 106 Å². The van der Waals surface area contributed by atoms with Crippen LogP contribution in [0.5, 0.6) is 0 Å². The van der Waals surface area contributed by atoms with Gasteiger partial charge in [0.2, 0.25) is 0 Å². The molecule has 16 heteroatoms. The Morgan fingerprint density at radius 3 is 2.50 bits per heavy atom. The monoisotopic (exact) mass is 583 g/mol. The van der Waals surface area contributed by atoms with E-state index in [4.69, 9.17) is 23.2 Å². The van der Waals surface area contributed by atoms with Gasteiger partial charge >= 0.3 is 12.2 Å². The van der Waals surface area contributed by atoms with Gasteiger partial charge in [0.05, 0.1) is 22.8 Å². The molecule has 2 amide bonds. The molecule has 2 N–H and O–H groups in total. The van der Waals surface area contributed by atoms with Gasteiger partial charge in [-0.25, -0.2) is 27.0 Å². The lowest BCUT2D eigenvalue weighted by Gasteiger charge is -2.19. The molecule has 3 heterocycles. The molecule has 0 bridgehead atoms. The number of nitrogens with one attached hydrogen (secondary N) is 2. The number of hydrogen-bond acceptors (Lipinski definition) is 6. The van der Waals surface area contributed by atoms with Gasteiger partial charge in [-0.2, -0.15) is 13.2 Å². The van der Waals surface area contributed by atoms with Gasteiger partial charge in [0.1, 0.15) is 20.1 Å². The van der Waals surface area contributed by atoms with Crippen molar-refractivity contribution in [3.63, 3.8) is 0 Å². The molecule has 0 radical (unpaired) electrons. The van der Waals surface area contributed by atoms with Crippen molar-refractivity contribution in [3.05, 3.63) is 56.8 Å². The third-order valence-corrected chi connectivity index (χ3v) is 8.82. The third kappa shape index (κ3) is 5.51. The molecule has 36 heavy (non-hydrogen) atoms. The second-order valence-corrected chi connectivity index (χ2v) is 11.5. The summed E-state index contributed by atoms with van der Waals surface area (Å²) in [7, 11) is -4.29. The van der Waals surface area contributed by atoms with Crippen LogP contribution in [0.3, 0.4) is 0 Å². The van der Waals surface area contributed by atoms with E-state index in [2.05, 4.69) is 15.6 Å². The van der Waals surface area contributed by atoms with Crippen molar-refractivity contribution >= 4 is 56.2 Å². The molecule has 0 unspecified atom stereocenters. The number of sulfonamides is 1. The number of rotatable bonds is 5. The zero-order valence-corrected chi connectivity index (χ0v) is 21.0. The summed E-state index contributed by atoms with van der Waals surface area (Å²) in [5, 5.41) is 10.1. The van der Waals surface area contributed by atoms with Crippen LogP contribution in [0.25, 0.3) is 16.8 Å². The van der Waals surface area contributed by atoms with Crippen molar-refractivity contribution < 1.29 is 30.8 Å². The number of aromatic nitrogens is 3. The Kier molecular flexibility index (Phi) is 7.33. The average Bonchev–Trinajstić information content (AvgIpc) is 3.40. The van der Waals surface area contributed by atoms with Gasteiger partial charge in [0.25, 0.3) is 10.0 Å². The molecule has 1 aliphatic heterocycles. The minimum Gasteiger partial charge on any atom is -0.331 e. The Balaban J connectivity index is 1.53. The summed E-state index contributed by atoms with van der Waals surface area (Å²) in [6, 6.07) is 4.12. The van der Waals surface area contributed by atoms with Crippen LogP contribution in [0.2, 0.25) is 9.36 Å². The second-order valence-electron chi connectivity index (χ2n) is 7.55. The highest BCUT2D eigenvalue weighted by molar-refractivity contribution is 7.92. The summed E-state index contributed by atoms with van der Waals surface area (Å²) in [6.45, 7) is -0.238. The first-order valence-electron chi connectivity index (χ1n) is 10.1. The van der Waals surface area contributed by atoms with E-state index in [1.807, 2.05) is 0 Å². The minimum atomic E-state index is -4.51. The van der Waals surface area contributed by atoms with Crippen molar-refractivity contribution in [2.75, 3.05) is 6.54 Å². The molecule has 3 aromatic rings. The summed E-state index contributed by atoms with van der Waals surface area (Å²) < 4.78 is 81.4. The fraction of sp³-hybridized carbons (Fsp3) is 0.250. The molecule has 8 nitrogen and oxygen atoms in total. The summed E-state index contributed by atoms with van der Waals surface area (Å²) in [4.78, 5) is 12.1. The number of fused-ring (bicyclic) bond motifs is 1. The van der Waals surface area contributed by atoms with Crippen LogP contribution < -0.4 is 10.0 Å². The standard InChI is InChI=1S/C20H15Cl2F4N5O3S2/c21-13-8-15(35-18(13)22)36(33,34)29-19(32)27-9-14(23)12-2-1-7-31-17(12)16(28-30-31)10-3-5-11(6-4-10)20(24,25)26/h3-6,8H,1-2,7,9H2,(H2,27,29,32). The van der Waals surface area contributed by atoms with E-state index in [-0.39, 0.29) is 36.9 Å². The number of carbonyl (C=O) groups is 1. The quantitative estimate of drug-likeness (QED) is 0.386. The molecule has 0 aliphatic carbocycles. The molecule has 0 atom stereocenters. The highest BCUT2D eigenvalue weighted by atomic mass is 35.5. The van der Waals surface area contributed by atoms with E-state index < -0.39 is 40.2 Å². The molecule has 1 aliphatic rings. The summed E-state index contributed by atoms with van der Waals surface area (Å²) in [5.74, 6) is -0.777. The fourth-order valence-electron chi connectivity index (χ4n) is 3.50. The summed E-state index contributed by atoms with van der Waals surface area (Å²) >= 11 is 12.1. The van der Waals surface area contributed by atoms with Crippen molar-refractivity contribution in [1.82, 2.24) is 25.0 Å². The lowest BCUT2D eigenvalue weighted by atomic mass is 9.97. The largest absolute Gasteiger partial charge is 0.416 e. The summed E-state index contributed by atoms with van der Waals surface area (Å²) in [6.07, 6.45) is -3.75. The number of carbonyl (C=O) groups excluding carboxylic acids is 1. The molecule has 4 rings (SSSR count). The first kappa shape index (κ1) is 26.4. The van der Waals surface area contributed by atoms with Gasteiger partial charge in [-0.1, -0.05) is 40.5 Å². The predicted molar refractivity (Wildman–Crippen MR) is 126 cm³/mol. The summed E-state index contributed by atoms with van der Waals surface area (Å²) in [5.41, 5.74) is 0.0809. The van der Waals surface area contributed by atoms with Crippen molar-refractivity contribution in [2.45, 2.75) is 29.8 Å².